The van der Waals surface area contributed by atoms with E-state index in [1.165, 1.54) is 32.1 Å². The first-order valence-corrected chi connectivity index (χ1v) is 10.9. The van der Waals surface area contributed by atoms with Crippen LogP contribution in [0.2, 0.25) is 0 Å². The molecule has 4 rings (SSSR count). The lowest BCUT2D eigenvalue weighted by Gasteiger charge is -2.35. The number of anilines is 3. The molecule has 0 unspecified atom stereocenters. The van der Waals surface area contributed by atoms with Gasteiger partial charge in [-0.15, -0.1) is 0 Å². The van der Waals surface area contributed by atoms with Crippen LogP contribution in [-0.4, -0.2) is 45.7 Å². The molecular weight excluding hydrogens is 382 g/mol. The van der Waals surface area contributed by atoms with Gasteiger partial charge in [0.15, 0.2) is 5.11 Å². The van der Waals surface area contributed by atoms with E-state index in [0.717, 1.165) is 36.8 Å². The lowest BCUT2D eigenvalue weighted by molar-refractivity contribution is 0.481. The summed E-state index contributed by atoms with van der Waals surface area (Å²) in [5.41, 5.74) is 1.08. The number of thiocarbonyl (C=S) groups is 1. The third kappa shape index (κ3) is 5.12. The number of hydrogen-bond acceptors (Lipinski definition) is 6. The van der Waals surface area contributed by atoms with E-state index in [2.05, 4.69) is 38.4 Å². The molecule has 4 heterocycles. The van der Waals surface area contributed by atoms with Crippen molar-refractivity contribution in [2.24, 2.45) is 0 Å². The van der Waals surface area contributed by atoms with Crippen LogP contribution in [-0.2, 0) is 6.54 Å². The molecule has 0 aromatic carbocycles. The van der Waals surface area contributed by atoms with E-state index in [1.54, 1.807) is 6.20 Å². The van der Waals surface area contributed by atoms with Crippen molar-refractivity contribution in [2.75, 3.05) is 34.8 Å². The molecule has 2 aromatic heterocycles. The van der Waals surface area contributed by atoms with Crippen molar-refractivity contribution in [2.45, 2.75) is 51.6 Å². The van der Waals surface area contributed by atoms with Gasteiger partial charge >= 0.3 is 0 Å². The molecule has 0 spiro atoms. The second-order valence-corrected chi connectivity index (χ2v) is 8.22. The molecule has 2 fully saturated rings. The van der Waals surface area contributed by atoms with Gasteiger partial charge in [0.1, 0.15) is 11.6 Å². The van der Waals surface area contributed by atoms with E-state index < -0.39 is 0 Å². The first-order chi connectivity index (χ1) is 14.2. The van der Waals surface area contributed by atoms with Gasteiger partial charge in [0, 0.05) is 50.7 Å². The second kappa shape index (κ2) is 9.35. The molecule has 8 heteroatoms. The highest BCUT2D eigenvalue weighted by atomic mass is 32.1. The third-order valence-corrected chi connectivity index (χ3v) is 5.87. The Hall–Kier alpha value is -2.48. The normalized spacial score (nSPS) is 19.3. The average Bonchev–Trinajstić information content (AvgIpc) is 3.28. The minimum Gasteiger partial charge on any atom is -0.358 e. The highest BCUT2D eigenvalue weighted by Gasteiger charge is 2.23. The Bertz CT molecular complexity index is 823. The summed E-state index contributed by atoms with van der Waals surface area (Å²) in [6, 6.07) is 6.57. The summed E-state index contributed by atoms with van der Waals surface area (Å²) in [5.74, 6) is 2.54. The molecule has 2 aliphatic heterocycles. The summed E-state index contributed by atoms with van der Waals surface area (Å²) in [6.45, 7) is 6.04. The Morgan fingerprint density at radius 3 is 2.69 bits per heavy atom. The van der Waals surface area contributed by atoms with Crippen LogP contribution >= 0.6 is 12.2 Å². The molecule has 154 valence electrons. The summed E-state index contributed by atoms with van der Waals surface area (Å²) >= 11 is 5.49. The first-order valence-electron chi connectivity index (χ1n) is 10.5. The van der Waals surface area contributed by atoms with Crippen LogP contribution in [0.5, 0.6) is 0 Å². The monoisotopic (exact) mass is 411 g/mol. The molecule has 2 aliphatic rings. The van der Waals surface area contributed by atoms with E-state index in [0.29, 0.717) is 23.6 Å². The molecule has 0 bridgehead atoms. The summed E-state index contributed by atoms with van der Waals surface area (Å²) in [7, 11) is 0. The van der Waals surface area contributed by atoms with Crippen LogP contribution in [0.15, 0.2) is 30.6 Å². The number of rotatable bonds is 5. The van der Waals surface area contributed by atoms with Gasteiger partial charge in [0.2, 0.25) is 5.95 Å². The topological polar surface area (TPSA) is 69.2 Å². The van der Waals surface area contributed by atoms with Crippen LogP contribution in [0.1, 0.15) is 44.6 Å². The maximum Gasteiger partial charge on any atom is 0.232 e. The number of piperidine rings is 1. The summed E-state index contributed by atoms with van der Waals surface area (Å²) in [6.07, 6.45) is 9.73. The number of hydrogen-bond donors (Lipinski definition) is 2. The zero-order valence-corrected chi connectivity index (χ0v) is 17.8. The van der Waals surface area contributed by atoms with Crippen molar-refractivity contribution in [1.82, 2.24) is 20.3 Å². The number of aromatic nitrogens is 3. The molecular formula is C21H29N7S. The van der Waals surface area contributed by atoms with Crippen LogP contribution < -0.4 is 20.4 Å². The first kappa shape index (κ1) is 19.8. The molecule has 2 saturated heterocycles. The van der Waals surface area contributed by atoms with Gasteiger partial charge < -0.3 is 20.4 Å². The Balaban J connectivity index is 1.50. The Morgan fingerprint density at radius 1 is 1.14 bits per heavy atom. The molecule has 29 heavy (non-hydrogen) atoms. The van der Waals surface area contributed by atoms with Crippen molar-refractivity contribution < 1.29 is 0 Å². The zero-order chi connectivity index (χ0) is 20.1. The highest BCUT2D eigenvalue weighted by Crippen LogP contribution is 2.28. The predicted octanol–water partition coefficient (Wildman–Crippen LogP) is 3.34. The smallest absolute Gasteiger partial charge is 0.232 e. The number of nitrogens with one attached hydrogen (secondary N) is 2. The number of nitrogens with zero attached hydrogens (tertiary/aromatic N) is 5. The van der Waals surface area contributed by atoms with Gasteiger partial charge in [0.05, 0.1) is 0 Å². The van der Waals surface area contributed by atoms with Crippen molar-refractivity contribution in [3.8, 4) is 0 Å². The highest BCUT2D eigenvalue weighted by molar-refractivity contribution is 7.80. The summed E-state index contributed by atoms with van der Waals surface area (Å²) in [5, 5.41) is 6.93. The van der Waals surface area contributed by atoms with Gasteiger partial charge in [0.25, 0.3) is 0 Å². The molecule has 0 saturated carbocycles. The van der Waals surface area contributed by atoms with Gasteiger partial charge in [-0.05, 0) is 62.9 Å². The molecule has 2 N–H and O–H groups in total. The van der Waals surface area contributed by atoms with Crippen molar-refractivity contribution >= 4 is 34.9 Å². The van der Waals surface area contributed by atoms with Crippen LogP contribution in [0.3, 0.4) is 0 Å². The molecule has 0 aliphatic carbocycles. The number of pyridine rings is 1. The lowest BCUT2D eigenvalue weighted by atomic mass is 10.0. The lowest BCUT2D eigenvalue weighted by Crippen LogP contribution is -2.38. The summed E-state index contributed by atoms with van der Waals surface area (Å²) < 4.78 is 0. The SMILES string of the molecule is C[C@@H]1CCCCN1c1cc(N2CCCC2)nc(NC(=S)NCc2cccnc2)n1. The van der Waals surface area contributed by atoms with Crippen molar-refractivity contribution in [3.63, 3.8) is 0 Å². The fourth-order valence-electron chi connectivity index (χ4n) is 4.00. The van der Waals surface area contributed by atoms with E-state index in [9.17, 15) is 0 Å². The average molecular weight is 412 g/mol. The fourth-order valence-corrected chi connectivity index (χ4v) is 4.17. The maximum atomic E-state index is 5.49. The quantitative estimate of drug-likeness (QED) is 0.726. The standard InChI is InChI=1S/C21H29N7S/c1-16-7-2-3-12-28(16)19-13-18(27-10-4-5-11-27)24-20(25-19)26-21(29)23-15-17-8-6-9-22-14-17/h6,8-9,13-14,16H,2-5,7,10-12,15H2,1H3,(H2,23,24,25,26,29)/t16-/m1/s1. The van der Waals surface area contributed by atoms with Gasteiger partial charge in [-0.1, -0.05) is 6.07 Å². The minimum absolute atomic E-state index is 0.494. The van der Waals surface area contributed by atoms with Crippen molar-refractivity contribution in [1.29, 1.82) is 0 Å². The van der Waals surface area contributed by atoms with Crippen LogP contribution in [0.25, 0.3) is 0 Å². The Labute approximate surface area is 177 Å². The van der Waals surface area contributed by atoms with Gasteiger partial charge in [-0.2, -0.15) is 9.97 Å². The molecule has 7 nitrogen and oxygen atoms in total. The fraction of sp³-hybridized carbons (Fsp3) is 0.524. The Morgan fingerprint density at radius 2 is 1.93 bits per heavy atom. The van der Waals surface area contributed by atoms with E-state index >= 15 is 0 Å². The zero-order valence-electron chi connectivity index (χ0n) is 17.0. The molecule has 2 aromatic rings. The van der Waals surface area contributed by atoms with Gasteiger partial charge in [-0.3, -0.25) is 4.98 Å². The largest absolute Gasteiger partial charge is 0.358 e. The van der Waals surface area contributed by atoms with E-state index in [4.69, 9.17) is 22.2 Å². The molecule has 0 radical (unpaired) electrons. The molecule has 0 amide bonds. The Kier molecular flexibility index (Phi) is 6.39. The van der Waals surface area contributed by atoms with Gasteiger partial charge in [-0.25, -0.2) is 0 Å². The second-order valence-electron chi connectivity index (χ2n) is 7.81. The predicted molar refractivity (Wildman–Crippen MR) is 121 cm³/mol. The van der Waals surface area contributed by atoms with E-state index in [1.807, 2.05) is 18.3 Å². The van der Waals surface area contributed by atoms with E-state index in [-0.39, 0.29) is 0 Å². The minimum atomic E-state index is 0.494. The maximum absolute atomic E-state index is 5.49. The molecule has 1 atom stereocenters. The van der Waals surface area contributed by atoms with Crippen molar-refractivity contribution in [3.05, 3.63) is 36.2 Å². The summed E-state index contributed by atoms with van der Waals surface area (Å²) in [4.78, 5) is 18.5. The van der Waals surface area contributed by atoms with Crippen LogP contribution in [0, 0.1) is 0 Å². The van der Waals surface area contributed by atoms with Crippen LogP contribution in [0.4, 0.5) is 17.6 Å². The third-order valence-electron chi connectivity index (χ3n) is 5.63.